The predicted octanol–water partition coefficient (Wildman–Crippen LogP) is 5.72. The molecule has 1 aliphatic heterocycles. The van der Waals surface area contributed by atoms with Crippen LogP contribution >= 0.6 is 11.8 Å². The Morgan fingerprint density at radius 2 is 1.93 bits per heavy atom. The van der Waals surface area contributed by atoms with Gasteiger partial charge in [0.15, 0.2) is 29.1 Å². The molecule has 0 aromatic heterocycles. The Labute approximate surface area is 267 Å². The fourth-order valence-corrected chi connectivity index (χ4v) is 10.3. The fourth-order valence-electron chi connectivity index (χ4n) is 9.40. The topological polar surface area (TPSA) is 105 Å². The summed E-state index contributed by atoms with van der Waals surface area (Å²) in [5.74, 6) is -0.810. The third-order valence-corrected chi connectivity index (χ3v) is 12.8. The van der Waals surface area contributed by atoms with Gasteiger partial charge in [-0.15, -0.1) is 11.8 Å². The lowest BCUT2D eigenvalue weighted by Crippen LogP contribution is -2.69. The van der Waals surface area contributed by atoms with Gasteiger partial charge in [0.1, 0.15) is 6.61 Å². The zero-order valence-corrected chi connectivity index (χ0v) is 26.6. The Morgan fingerprint density at radius 3 is 2.67 bits per heavy atom. The first-order chi connectivity index (χ1) is 21.5. The maximum atomic E-state index is 17.6. The largest absolute Gasteiger partial charge is 0.390 e. The van der Waals surface area contributed by atoms with Crippen LogP contribution in [0.4, 0.5) is 10.1 Å². The highest BCUT2D eigenvalue weighted by Crippen LogP contribution is 2.72. The van der Waals surface area contributed by atoms with E-state index in [1.54, 1.807) is 24.8 Å². The zero-order valence-electron chi connectivity index (χ0n) is 25.8. The number of ether oxygens (including phenoxy) is 2. The molecule has 2 aromatic carbocycles. The Kier molecular flexibility index (Phi) is 7.45. The van der Waals surface area contributed by atoms with Crippen molar-refractivity contribution >= 4 is 29.0 Å². The maximum Gasteiger partial charge on any atom is 0.193 e. The number of carbonyl (C=O) groups is 2. The Balaban J connectivity index is 1.15. The van der Waals surface area contributed by atoms with E-state index in [2.05, 4.69) is 17.4 Å². The number of ketones is 2. The molecule has 0 amide bonds. The number of hydrogen-bond donors (Lipinski definition) is 3. The van der Waals surface area contributed by atoms with Gasteiger partial charge < -0.3 is 25.0 Å². The van der Waals surface area contributed by atoms with Gasteiger partial charge in [-0.25, -0.2) is 4.39 Å². The van der Waals surface area contributed by atoms with E-state index in [0.29, 0.717) is 24.8 Å². The van der Waals surface area contributed by atoms with Gasteiger partial charge in [0.05, 0.1) is 12.2 Å². The van der Waals surface area contributed by atoms with Crippen molar-refractivity contribution in [3.8, 4) is 0 Å². The minimum atomic E-state index is -2.03. The van der Waals surface area contributed by atoms with E-state index in [9.17, 15) is 19.8 Å². The van der Waals surface area contributed by atoms with Crippen LogP contribution in [0.15, 0.2) is 77.2 Å². The first-order valence-corrected chi connectivity index (χ1v) is 16.8. The molecule has 45 heavy (non-hydrogen) atoms. The van der Waals surface area contributed by atoms with Crippen LogP contribution in [-0.4, -0.2) is 58.9 Å². The van der Waals surface area contributed by atoms with E-state index in [0.717, 1.165) is 27.5 Å². The first kappa shape index (κ1) is 30.8. The highest BCUT2D eigenvalue weighted by atomic mass is 32.2. The quantitative estimate of drug-likeness (QED) is 0.333. The molecular weight excluding hydrogens is 593 g/mol. The number of alkyl halides is 1. The number of aliphatic hydroxyl groups is 2. The highest BCUT2D eigenvalue weighted by molar-refractivity contribution is 7.98. The summed E-state index contributed by atoms with van der Waals surface area (Å²) in [5.41, 5.74) is -2.01. The monoisotopic (exact) mass is 633 g/mol. The molecule has 0 bridgehead atoms. The summed E-state index contributed by atoms with van der Waals surface area (Å²) in [4.78, 5) is 27.1. The molecule has 9 heteroatoms. The molecule has 0 spiro atoms. The van der Waals surface area contributed by atoms with E-state index in [1.165, 1.54) is 12.2 Å². The predicted molar refractivity (Wildman–Crippen MR) is 169 cm³/mol. The number of fused-ring (bicyclic) bond motifs is 7. The van der Waals surface area contributed by atoms with Gasteiger partial charge in [-0.1, -0.05) is 48.9 Å². The van der Waals surface area contributed by atoms with Crippen LogP contribution in [0, 0.1) is 22.7 Å². The summed E-state index contributed by atoms with van der Waals surface area (Å²) >= 11 is 1.73. The zero-order chi connectivity index (χ0) is 31.8. The molecule has 3 saturated carbocycles. The van der Waals surface area contributed by atoms with Crippen molar-refractivity contribution in [2.45, 2.75) is 79.9 Å². The standard InChI is InChI=1S/C36H40FNO6S/c1-33-14-13-25(40)15-23(33)11-12-27-28-17-31-36(30(42)19-39,34(28,2)18-29(41)35(27,33)37)44-32(43-31)22-9-7-21(8-10-22)20-45-26-6-4-5-24(16-26)38-3/h4-10,13-16,27-29,31-32,38-39,41H,11-12,17-20H2,1-3H3/t27-,28?,29-,31+,32+,33-,34-,35-,36+/m0/s1. The van der Waals surface area contributed by atoms with Gasteiger partial charge in [0, 0.05) is 45.7 Å². The number of aliphatic hydroxyl groups excluding tert-OH is 2. The molecule has 238 valence electrons. The second-order valence-electron chi connectivity index (χ2n) is 13.7. The van der Waals surface area contributed by atoms with Crippen molar-refractivity contribution in [3.05, 3.63) is 83.5 Å². The molecule has 7 rings (SSSR count). The summed E-state index contributed by atoms with van der Waals surface area (Å²) in [7, 11) is 1.90. The molecule has 0 radical (unpaired) electrons. The summed E-state index contributed by atoms with van der Waals surface area (Å²) in [6, 6.07) is 16.2. The average Bonchev–Trinajstić information content (AvgIpc) is 3.54. The molecule has 1 heterocycles. The number of Topliss-reactive ketones (excluding diaryl/α,β-unsaturated/α-hetero) is 1. The van der Waals surface area contributed by atoms with E-state index in [4.69, 9.17) is 9.47 Å². The summed E-state index contributed by atoms with van der Waals surface area (Å²) in [6.45, 7) is 2.93. The van der Waals surface area contributed by atoms with Gasteiger partial charge in [0.2, 0.25) is 0 Å². The Hall–Kier alpha value is -2.82. The van der Waals surface area contributed by atoms with Crippen LogP contribution in [0.25, 0.3) is 0 Å². The Bertz CT molecular complexity index is 1590. The third-order valence-electron chi connectivity index (χ3n) is 11.7. The average molecular weight is 634 g/mol. The molecule has 5 aliphatic rings. The van der Waals surface area contributed by atoms with E-state index < -0.39 is 58.9 Å². The number of carbonyl (C=O) groups excluding carboxylic acids is 2. The van der Waals surface area contributed by atoms with E-state index >= 15 is 4.39 Å². The summed E-state index contributed by atoms with van der Waals surface area (Å²) in [5, 5.41) is 25.1. The van der Waals surface area contributed by atoms with Crippen molar-refractivity contribution in [1.29, 1.82) is 0 Å². The number of benzene rings is 2. The molecule has 1 saturated heterocycles. The molecule has 2 aromatic rings. The SMILES string of the molecule is CNc1cccc(SCc2ccc([C@@H]3O[C@@H]4CC5[C@@H]6CCC7=CC(=O)C=C[C@]7(C)[C@@]6(F)[C@@H](O)C[C@]5(C)[C@]4(C(=O)CO)O3)cc2)c1. The lowest BCUT2D eigenvalue weighted by atomic mass is 9.44. The van der Waals surface area contributed by atoms with Crippen LogP contribution in [0.5, 0.6) is 0 Å². The smallest absolute Gasteiger partial charge is 0.193 e. The lowest BCUT2D eigenvalue weighted by molar-refractivity contribution is -0.231. The highest BCUT2D eigenvalue weighted by Gasteiger charge is 2.79. The van der Waals surface area contributed by atoms with Gasteiger partial charge >= 0.3 is 0 Å². The van der Waals surface area contributed by atoms with Crippen LogP contribution in [0.2, 0.25) is 0 Å². The Morgan fingerprint density at radius 1 is 1.16 bits per heavy atom. The van der Waals surface area contributed by atoms with Crippen molar-refractivity contribution < 1.29 is 33.7 Å². The minimum Gasteiger partial charge on any atom is -0.390 e. The summed E-state index contributed by atoms with van der Waals surface area (Å²) < 4.78 is 30.7. The number of nitrogens with one attached hydrogen (secondary N) is 1. The number of anilines is 1. The molecule has 1 unspecified atom stereocenters. The molecule has 4 fully saturated rings. The van der Waals surface area contributed by atoms with Gasteiger partial charge in [-0.2, -0.15) is 0 Å². The molecular formula is C36H40FNO6S. The molecule has 3 N–H and O–H groups in total. The van der Waals surface area contributed by atoms with Crippen LogP contribution in [0.3, 0.4) is 0 Å². The third kappa shape index (κ3) is 4.30. The molecule has 9 atom stereocenters. The summed E-state index contributed by atoms with van der Waals surface area (Å²) in [6.07, 6.45) is 2.91. The fraction of sp³-hybridized carbons (Fsp3) is 0.500. The van der Waals surface area contributed by atoms with Crippen LogP contribution < -0.4 is 5.32 Å². The van der Waals surface area contributed by atoms with Crippen molar-refractivity contribution in [3.63, 3.8) is 0 Å². The normalized spacial score (nSPS) is 39.8. The number of allylic oxidation sites excluding steroid dienone is 4. The number of thioether (sulfide) groups is 1. The maximum absolute atomic E-state index is 17.6. The lowest BCUT2D eigenvalue weighted by Gasteiger charge is -2.62. The number of rotatable bonds is 7. The van der Waals surface area contributed by atoms with Crippen molar-refractivity contribution in [2.75, 3.05) is 19.0 Å². The van der Waals surface area contributed by atoms with Gasteiger partial charge in [-0.05, 0) is 74.4 Å². The molecule has 4 aliphatic carbocycles. The van der Waals surface area contributed by atoms with Gasteiger partial charge in [0.25, 0.3) is 0 Å². The van der Waals surface area contributed by atoms with Crippen molar-refractivity contribution in [2.24, 2.45) is 22.7 Å². The molecule has 7 nitrogen and oxygen atoms in total. The van der Waals surface area contributed by atoms with Crippen molar-refractivity contribution in [1.82, 2.24) is 0 Å². The second-order valence-corrected chi connectivity index (χ2v) is 14.7. The number of halogens is 1. The number of hydrogen-bond acceptors (Lipinski definition) is 8. The van der Waals surface area contributed by atoms with E-state index in [1.807, 2.05) is 50.4 Å². The minimum absolute atomic E-state index is 0.0292. The first-order valence-electron chi connectivity index (χ1n) is 15.8. The van der Waals surface area contributed by atoms with Crippen LogP contribution in [-0.2, 0) is 24.8 Å². The van der Waals surface area contributed by atoms with E-state index in [-0.39, 0.29) is 18.1 Å². The van der Waals surface area contributed by atoms with Gasteiger partial charge in [-0.3, -0.25) is 9.59 Å². The van der Waals surface area contributed by atoms with Crippen LogP contribution in [0.1, 0.15) is 56.9 Å². The second kappa shape index (κ2) is 10.9.